The monoisotopic (exact) mass is 323 g/mol. The Hall–Kier alpha value is -0.930. The highest BCUT2D eigenvalue weighted by atomic mass is 16.6. The fraction of sp³-hybridized carbons (Fsp3) is 0.929. The first-order valence-corrected chi connectivity index (χ1v) is 7.63. The molecule has 1 amide bonds. The number of rotatable bonds is 16. The molecule has 8 heteroatoms. The Labute approximate surface area is 132 Å². The fourth-order valence-corrected chi connectivity index (χ4v) is 1.30. The number of carbonyl (C=O) groups excluding carboxylic acids is 1. The van der Waals surface area contributed by atoms with Gasteiger partial charge < -0.3 is 34.1 Å². The smallest absolute Gasteiger partial charge is 0.407 e. The molecule has 0 aliphatic heterocycles. The molecule has 0 aromatic heterocycles. The molecule has 0 saturated carbocycles. The number of ether oxygens (including phenoxy) is 5. The number of hydrogen-bond donors (Lipinski definition) is 2. The minimum absolute atomic E-state index is 0.0263. The third-order valence-corrected chi connectivity index (χ3v) is 2.30. The predicted octanol–water partition coefficient (Wildman–Crippen LogP) is 0.181. The second-order valence-electron chi connectivity index (χ2n) is 4.24. The molecule has 0 heterocycles. The first-order valence-electron chi connectivity index (χ1n) is 7.63. The SMILES string of the molecule is CCCOC(=O)NCCOCCOCCOCCOCCO. The minimum atomic E-state index is -0.415. The van der Waals surface area contributed by atoms with Crippen molar-refractivity contribution in [1.29, 1.82) is 0 Å². The van der Waals surface area contributed by atoms with Gasteiger partial charge in [-0.3, -0.25) is 0 Å². The first-order chi connectivity index (χ1) is 10.8. The fourth-order valence-electron chi connectivity index (χ4n) is 1.30. The van der Waals surface area contributed by atoms with Gasteiger partial charge in [-0.25, -0.2) is 4.79 Å². The van der Waals surface area contributed by atoms with Gasteiger partial charge in [0.05, 0.1) is 66.1 Å². The van der Waals surface area contributed by atoms with E-state index in [2.05, 4.69) is 5.32 Å². The Kier molecular flexibility index (Phi) is 17.4. The van der Waals surface area contributed by atoms with Crippen LogP contribution in [0.25, 0.3) is 0 Å². The summed E-state index contributed by atoms with van der Waals surface area (Å²) in [5, 5.41) is 11.1. The summed E-state index contributed by atoms with van der Waals surface area (Å²) < 4.78 is 25.7. The van der Waals surface area contributed by atoms with Crippen molar-refractivity contribution in [3.63, 3.8) is 0 Å². The molecule has 2 N–H and O–H groups in total. The van der Waals surface area contributed by atoms with E-state index in [1.807, 2.05) is 6.92 Å². The molecule has 0 aliphatic carbocycles. The van der Waals surface area contributed by atoms with Crippen molar-refractivity contribution in [2.75, 3.05) is 72.6 Å². The van der Waals surface area contributed by atoms with Crippen LogP contribution in [-0.4, -0.2) is 83.8 Å². The van der Waals surface area contributed by atoms with Crippen LogP contribution >= 0.6 is 0 Å². The Balaban J connectivity index is 3.04. The van der Waals surface area contributed by atoms with Gasteiger partial charge in [-0.15, -0.1) is 0 Å². The summed E-state index contributed by atoms with van der Waals surface area (Å²) in [4.78, 5) is 11.1. The molecule has 0 aromatic rings. The Morgan fingerprint density at radius 1 is 0.818 bits per heavy atom. The van der Waals surface area contributed by atoms with E-state index >= 15 is 0 Å². The molecule has 0 saturated heterocycles. The van der Waals surface area contributed by atoms with Gasteiger partial charge in [-0.2, -0.15) is 0 Å². The summed E-state index contributed by atoms with van der Waals surface area (Å²) in [5.74, 6) is 0. The highest BCUT2D eigenvalue weighted by Crippen LogP contribution is 1.84. The lowest BCUT2D eigenvalue weighted by atomic mass is 10.5. The van der Waals surface area contributed by atoms with Gasteiger partial charge in [0.25, 0.3) is 0 Å². The van der Waals surface area contributed by atoms with Gasteiger partial charge in [0.2, 0.25) is 0 Å². The van der Waals surface area contributed by atoms with Crippen molar-refractivity contribution in [1.82, 2.24) is 5.32 Å². The van der Waals surface area contributed by atoms with E-state index < -0.39 is 6.09 Å². The van der Waals surface area contributed by atoms with Gasteiger partial charge in [-0.05, 0) is 6.42 Å². The van der Waals surface area contributed by atoms with Gasteiger partial charge in [0.15, 0.2) is 0 Å². The molecular weight excluding hydrogens is 294 g/mol. The van der Waals surface area contributed by atoms with Gasteiger partial charge in [0.1, 0.15) is 0 Å². The van der Waals surface area contributed by atoms with Crippen molar-refractivity contribution in [2.24, 2.45) is 0 Å². The lowest BCUT2D eigenvalue weighted by molar-refractivity contribution is -0.00519. The number of alkyl carbamates (subject to hydrolysis) is 1. The van der Waals surface area contributed by atoms with Crippen LogP contribution in [0.3, 0.4) is 0 Å². The van der Waals surface area contributed by atoms with Crippen molar-refractivity contribution in [3.8, 4) is 0 Å². The van der Waals surface area contributed by atoms with Crippen molar-refractivity contribution < 1.29 is 33.6 Å². The van der Waals surface area contributed by atoms with E-state index in [4.69, 9.17) is 28.8 Å². The molecule has 0 fully saturated rings. The van der Waals surface area contributed by atoms with Crippen LogP contribution in [-0.2, 0) is 23.7 Å². The lowest BCUT2D eigenvalue weighted by Gasteiger charge is -2.08. The largest absolute Gasteiger partial charge is 0.450 e. The second-order valence-corrected chi connectivity index (χ2v) is 4.24. The second kappa shape index (κ2) is 18.1. The van der Waals surface area contributed by atoms with E-state index in [0.29, 0.717) is 66.0 Å². The quantitative estimate of drug-likeness (QED) is 0.391. The number of carbonyl (C=O) groups is 1. The molecule has 0 spiro atoms. The molecular formula is C14H29NO7. The van der Waals surface area contributed by atoms with Crippen molar-refractivity contribution in [2.45, 2.75) is 13.3 Å². The van der Waals surface area contributed by atoms with E-state index in [1.54, 1.807) is 0 Å². The van der Waals surface area contributed by atoms with Crippen LogP contribution in [0.5, 0.6) is 0 Å². The zero-order chi connectivity index (χ0) is 16.3. The maximum atomic E-state index is 11.1. The third-order valence-electron chi connectivity index (χ3n) is 2.30. The van der Waals surface area contributed by atoms with E-state index in [0.717, 1.165) is 6.42 Å². The van der Waals surface area contributed by atoms with E-state index in [9.17, 15) is 4.79 Å². The standard InChI is InChI=1S/C14H29NO7/c1-2-5-22-14(17)15-3-6-18-8-10-20-12-13-21-11-9-19-7-4-16/h16H,2-13H2,1H3,(H,15,17). The average Bonchev–Trinajstić information content (AvgIpc) is 2.53. The molecule has 8 nitrogen and oxygen atoms in total. The molecule has 0 unspecified atom stereocenters. The number of nitrogens with one attached hydrogen (secondary N) is 1. The predicted molar refractivity (Wildman–Crippen MR) is 80.0 cm³/mol. The molecule has 22 heavy (non-hydrogen) atoms. The summed E-state index contributed by atoms with van der Waals surface area (Å²) >= 11 is 0. The molecule has 0 atom stereocenters. The normalized spacial score (nSPS) is 10.6. The number of amides is 1. The van der Waals surface area contributed by atoms with Crippen LogP contribution in [0, 0.1) is 0 Å². The number of aliphatic hydroxyl groups is 1. The van der Waals surface area contributed by atoms with Crippen LogP contribution in [0.4, 0.5) is 4.79 Å². The first kappa shape index (κ1) is 21.1. The highest BCUT2D eigenvalue weighted by molar-refractivity contribution is 5.66. The molecule has 0 rings (SSSR count). The minimum Gasteiger partial charge on any atom is -0.450 e. The maximum absolute atomic E-state index is 11.1. The molecule has 0 radical (unpaired) electrons. The maximum Gasteiger partial charge on any atom is 0.407 e. The summed E-state index contributed by atoms with van der Waals surface area (Å²) in [5.41, 5.74) is 0. The summed E-state index contributed by atoms with van der Waals surface area (Å²) in [6.07, 6.45) is 0.391. The Morgan fingerprint density at radius 3 is 1.82 bits per heavy atom. The van der Waals surface area contributed by atoms with Gasteiger partial charge in [-0.1, -0.05) is 6.92 Å². The molecule has 0 aliphatic rings. The molecule has 0 bridgehead atoms. The topological polar surface area (TPSA) is 95.5 Å². The van der Waals surface area contributed by atoms with E-state index in [-0.39, 0.29) is 6.61 Å². The van der Waals surface area contributed by atoms with Gasteiger partial charge >= 0.3 is 6.09 Å². The molecule has 0 aromatic carbocycles. The summed E-state index contributed by atoms with van der Waals surface area (Å²) in [7, 11) is 0. The van der Waals surface area contributed by atoms with Crippen molar-refractivity contribution in [3.05, 3.63) is 0 Å². The van der Waals surface area contributed by atoms with E-state index in [1.165, 1.54) is 0 Å². The zero-order valence-electron chi connectivity index (χ0n) is 13.4. The Bertz CT molecular complexity index is 241. The van der Waals surface area contributed by atoms with Crippen LogP contribution in [0.15, 0.2) is 0 Å². The van der Waals surface area contributed by atoms with Crippen molar-refractivity contribution >= 4 is 6.09 Å². The summed E-state index contributed by atoms with van der Waals surface area (Å²) in [6, 6.07) is 0. The average molecular weight is 323 g/mol. The Morgan fingerprint density at radius 2 is 1.32 bits per heavy atom. The third kappa shape index (κ3) is 17.1. The van der Waals surface area contributed by atoms with Gasteiger partial charge in [0, 0.05) is 6.54 Å². The molecule has 132 valence electrons. The van der Waals surface area contributed by atoms with Crippen LogP contribution < -0.4 is 5.32 Å². The zero-order valence-corrected chi connectivity index (χ0v) is 13.4. The van der Waals surface area contributed by atoms with Crippen LogP contribution in [0.2, 0.25) is 0 Å². The van der Waals surface area contributed by atoms with Crippen LogP contribution in [0.1, 0.15) is 13.3 Å². The highest BCUT2D eigenvalue weighted by Gasteiger charge is 1.99. The lowest BCUT2D eigenvalue weighted by Crippen LogP contribution is -2.28. The summed E-state index contributed by atoms with van der Waals surface area (Å²) in [6.45, 7) is 6.44. The number of hydrogen-bond acceptors (Lipinski definition) is 7. The number of aliphatic hydroxyl groups excluding tert-OH is 1.